The Morgan fingerprint density at radius 1 is 1.32 bits per heavy atom. The predicted octanol–water partition coefficient (Wildman–Crippen LogP) is 1.22. The van der Waals surface area contributed by atoms with Gasteiger partial charge < -0.3 is 16.2 Å². The number of benzene rings is 1. The van der Waals surface area contributed by atoms with Crippen molar-refractivity contribution in [2.45, 2.75) is 44.2 Å². The molecule has 104 valence electrons. The third-order valence-electron chi connectivity index (χ3n) is 3.72. The molecule has 19 heavy (non-hydrogen) atoms. The van der Waals surface area contributed by atoms with Crippen molar-refractivity contribution >= 4 is 5.91 Å². The highest BCUT2D eigenvalue weighted by Crippen LogP contribution is 2.19. The van der Waals surface area contributed by atoms with Crippen LogP contribution in [-0.2, 0) is 6.42 Å². The number of aliphatic hydroxyl groups is 1. The summed E-state index contributed by atoms with van der Waals surface area (Å²) in [6, 6.07) is 7.39. The van der Waals surface area contributed by atoms with E-state index in [0.29, 0.717) is 18.5 Å². The number of nitrogens with one attached hydrogen (secondary N) is 1. The number of nitrogens with two attached hydrogens (primary N) is 1. The van der Waals surface area contributed by atoms with Crippen molar-refractivity contribution < 1.29 is 9.90 Å². The lowest BCUT2D eigenvalue weighted by Crippen LogP contribution is -2.45. The van der Waals surface area contributed by atoms with E-state index in [4.69, 9.17) is 5.73 Å². The molecule has 1 aliphatic carbocycles. The molecule has 0 spiro atoms. The molecule has 0 radical (unpaired) electrons. The molecule has 4 heteroatoms. The van der Waals surface area contributed by atoms with Gasteiger partial charge in [0.2, 0.25) is 0 Å². The van der Waals surface area contributed by atoms with Crippen LogP contribution in [0.5, 0.6) is 0 Å². The Labute approximate surface area is 114 Å². The first-order valence-corrected chi connectivity index (χ1v) is 6.99. The molecule has 1 amide bonds. The van der Waals surface area contributed by atoms with Crippen LogP contribution < -0.4 is 11.1 Å². The second-order valence-electron chi connectivity index (χ2n) is 5.13. The quantitative estimate of drug-likeness (QED) is 0.763. The molecular weight excluding hydrogens is 240 g/mol. The molecule has 1 aromatic rings. The van der Waals surface area contributed by atoms with Crippen molar-refractivity contribution in [2.75, 3.05) is 6.54 Å². The number of aliphatic hydroxyl groups excluding tert-OH is 1. The summed E-state index contributed by atoms with van der Waals surface area (Å²) >= 11 is 0. The second kappa shape index (κ2) is 6.68. The highest BCUT2D eigenvalue weighted by atomic mass is 16.3. The van der Waals surface area contributed by atoms with Gasteiger partial charge in [0.15, 0.2) is 0 Å². The Balaban J connectivity index is 2.06. The molecular formula is C15H22N2O2. The van der Waals surface area contributed by atoms with Gasteiger partial charge in [0.05, 0.1) is 12.1 Å². The van der Waals surface area contributed by atoms with Crippen molar-refractivity contribution in [3.63, 3.8) is 0 Å². The average molecular weight is 262 g/mol. The van der Waals surface area contributed by atoms with Gasteiger partial charge in [-0.25, -0.2) is 0 Å². The molecule has 4 N–H and O–H groups in total. The van der Waals surface area contributed by atoms with Gasteiger partial charge in [-0.3, -0.25) is 4.79 Å². The second-order valence-corrected chi connectivity index (χ2v) is 5.13. The van der Waals surface area contributed by atoms with Crippen LogP contribution in [0, 0.1) is 0 Å². The van der Waals surface area contributed by atoms with E-state index in [2.05, 4.69) is 5.32 Å². The molecule has 2 rings (SSSR count). The van der Waals surface area contributed by atoms with Crippen molar-refractivity contribution in [1.82, 2.24) is 5.32 Å². The Hall–Kier alpha value is -1.39. The molecule has 4 nitrogen and oxygen atoms in total. The van der Waals surface area contributed by atoms with Gasteiger partial charge in [-0.15, -0.1) is 0 Å². The zero-order valence-corrected chi connectivity index (χ0v) is 11.1. The highest BCUT2D eigenvalue weighted by molar-refractivity contribution is 5.95. The summed E-state index contributed by atoms with van der Waals surface area (Å²) < 4.78 is 0. The number of carbonyl (C=O) groups is 1. The third kappa shape index (κ3) is 3.55. The van der Waals surface area contributed by atoms with Gasteiger partial charge in [-0.2, -0.15) is 0 Å². The summed E-state index contributed by atoms with van der Waals surface area (Å²) in [4.78, 5) is 12.3. The van der Waals surface area contributed by atoms with Gasteiger partial charge in [0.25, 0.3) is 5.91 Å². The summed E-state index contributed by atoms with van der Waals surface area (Å²) in [6.45, 7) is 0.524. The van der Waals surface area contributed by atoms with Crippen LogP contribution in [0.15, 0.2) is 24.3 Å². The van der Waals surface area contributed by atoms with E-state index in [1.54, 1.807) is 0 Å². The van der Waals surface area contributed by atoms with Gasteiger partial charge >= 0.3 is 0 Å². The summed E-state index contributed by atoms with van der Waals surface area (Å²) in [5.74, 6) is -0.102. The lowest BCUT2D eigenvalue weighted by atomic mass is 9.92. The standard InChI is InChI=1S/C15H22N2O2/c16-10-9-11-5-1-2-6-12(11)15(19)17-13-7-3-4-8-14(13)18/h1-2,5-6,13-14,18H,3-4,7-10,16H2,(H,17,19). The maximum absolute atomic E-state index is 12.3. The van der Waals surface area contributed by atoms with Crippen molar-refractivity contribution in [3.05, 3.63) is 35.4 Å². The first kappa shape index (κ1) is 14.0. The van der Waals surface area contributed by atoms with Crippen LogP contribution in [-0.4, -0.2) is 29.7 Å². The Morgan fingerprint density at radius 3 is 2.79 bits per heavy atom. The summed E-state index contributed by atoms with van der Waals surface area (Å²) in [5.41, 5.74) is 7.20. The molecule has 0 aliphatic heterocycles. The van der Waals surface area contributed by atoms with E-state index in [1.807, 2.05) is 24.3 Å². The van der Waals surface area contributed by atoms with Crippen molar-refractivity contribution in [1.29, 1.82) is 0 Å². The highest BCUT2D eigenvalue weighted by Gasteiger charge is 2.25. The van der Waals surface area contributed by atoms with Gasteiger partial charge in [-0.1, -0.05) is 31.0 Å². The first-order valence-electron chi connectivity index (χ1n) is 6.99. The van der Waals surface area contributed by atoms with Crippen molar-refractivity contribution in [2.24, 2.45) is 5.73 Å². The molecule has 0 heterocycles. The Bertz CT molecular complexity index is 434. The van der Waals surface area contributed by atoms with E-state index in [0.717, 1.165) is 31.2 Å². The molecule has 1 aromatic carbocycles. The topological polar surface area (TPSA) is 75.4 Å². The fraction of sp³-hybridized carbons (Fsp3) is 0.533. The van der Waals surface area contributed by atoms with Crippen LogP contribution in [0.1, 0.15) is 41.6 Å². The van der Waals surface area contributed by atoms with E-state index >= 15 is 0 Å². The molecule has 1 fully saturated rings. The zero-order chi connectivity index (χ0) is 13.7. The number of hydrogen-bond donors (Lipinski definition) is 3. The first-order chi connectivity index (χ1) is 9.22. The monoisotopic (exact) mass is 262 g/mol. The maximum atomic E-state index is 12.3. The largest absolute Gasteiger partial charge is 0.391 e. The number of amides is 1. The molecule has 2 unspecified atom stereocenters. The van der Waals surface area contributed by atoms with E-state index in [1.165, 1.54) is 0 Å². The number of rotatable bonds is 4. The van der Waals surface area contributed by atoms with Crippen LogP contribution in [0.4, 0.5) is 0 Å². The normalized spacial score (nSPS) is 23.1. The van der Waals surface area contributed by atoms with Crippen LogP contribution >= 0.6 is 0 Å². The summed E-state index contributed by atoms with van der Waals surface area (Å²) in [5, 5.41) is 12.9. The fourth-order valence-electron chi connectivity index (χ4n) is 2.64. The van der Waals surface area contributed by atoms with Crippen LogP contribution in [0.25, 0.3) is 0 Å². The minimum atomic E-state index is -0.417. The lowest BCUT2D eigenvalue weighted by molar-refractivity contribution is 0.0716. The number of hydrogen-bond acceptors (Lipinski definition) is 3. The van der Waals surface area contributed by atoms with E-state index < -0.39 is 6.10 Å². The summed E-state index contributed by atoms with van der Waals surface area (Å²) in [7, 11) is 0. The fourth-order valence-corrected chi connectivity index (χ4v) is 2.64. The Kier molecular flexibility index (Phi) is 4.93. The van der Waals surface area contributed by atoms with Crippen LogP contribution in [0.2, 0.25) is 0 Å². The molecule has 0 aromatic heterocycles. The zero-order valence-electron chi connectivity index (χ0n) is 11.1. The molecule has 0 bridgehead atoms. The predicted molar refractivity (Wildman–Crippen MR) is 74.9 cm³/mol. The van der Waals surface area contributed by atoms with Gasteiger partial charge in [0, 0.05) is 5.56 Å². The van der Waals surface area contributed by atoms with Crippen LogP contribution in [0.3, 0.4) is 0 Å². The molecule has 1 saturated carbocycles. The average Bonchev–Trinajstić information content (AvgIpc) is 2.42. The van der Waals surface area contributed by atoms with Gasteiger partial charge in [0.1, 0.15) is 0 Å². The lowest BCUT2D eigenvalue weighted by Gasteiger charge is -2.28. The number of carbonyl (C=O) groups excluding carboxylic acids is 1. The molecule has 0 saturated heterocycles. The smallest absolute Gasteiger partial charge is 0.251 e. The maximum Gasteiger partial charge on any atom is 0.251 e. The SMILES string of the molecule is NCCc1ccccc1C(=O)NC1CCCCC1O. The van der Waals surface area contributed by atoms with Crippen molar-refractivity contribution in [3.8, 4) is 0 Å². The molecule has 2 atom stereocenters. The molecule has 1 aliphatic rings. The van der Waals surface area contributed by atoms with E-state index in [9.17, 15) is 9.90 Å². The van der Waals surface area contributed by atoms with E-state index in [-0.39, 0.29) is 11.9 Å². The Morgan fingerprint density at radius 2 is 2.05 bits per heavy atom. The third-order valence-corrected chi connectivity index (χ3v) is 3.72. The minimum absolute atomic E-state index is 0.102. The minimum Gasteiger partial charge on any atom is -0.391 e. The van der Waals surface area contributed by atoms with Gasteiger partial charge in [-0.05, 0) is 37.4 Å². The summed E-state index contributed by atoms with van der Waals surface area (Å²) in [6.07, 6.45) is 4.00.